The molecule has 2 amide bonds. The average Bonchev–Trinajstić information content (AvgIpc) is 2.39. The molecule has 3 N–H and O–H groups in total. The number of amides is 2. The van der Waals surface area contributed by atoms with Crippen molar-refractivity contribution in [2.75, 3.05) is 13.6 Å². The molecule has 0 rings (SSSR count). The number of carbonyl (C=O) groups is 3. The highest BCUT2D eigenvalue weighted by molar-refractivity contribution is 5.87. The maximum absolute atomic E-state index is 11.9. The summed E-state index contributed by atoms with van der Waals surface area (Å²) in [6.45, 7) is 7.42. The third-order valence-electron chi connectivity index (χ3n) is 3.13. The lowest BCUT2D eigenvalue weighted by molar-refractivity contribution is -0.127. The van der Waals surface area contributed by atoms with Gasteiger partial charge in [0.2, 0.25) is 11.8 Å². The van der Waals surface area contributed by atoms with Crippen LogP contribution in [0.25, 0.3) is 0 Å². The van der Waals surface area contributed by atoms with Gasteiger partial charge in [-0.25, -0.2) is 0 Å². The topological polar surface area (TPSA) is 87.3 Å². The molecule has 0 aliphatic rings. The quantitative estimate of drug-likeness (QED) is 0.551. The Morgan fingerprint density at radius 2 is 1.71 bits per heavy atom. The van der Waals surface area contributed by atoms with E-state index in [1.165, 1.54) is 6.92 Å². The zero-order valence-electron chi connectivity index (χ0n) is 13.8. The Kier molecular flexibility index (Phi) is 9.62. The van der Waals surface area contributed by atoms with Crippen LogP contribution in [0.2, 0.25) is 0 Å². The van der Waals surface area contributed by atoms with Gasteiger partial charge in [-0.3, -0.25) is 9.59 Å². The molecule has 0 saturated heterocycles. The zero-order chi connectivity index (χ0) is 16.4. The molecule has 0 aromatic carbocycles. The van der Waals surface area contributed by atoms with Crippen molar-refractivity contribution < 1.29 is 14.4 Å². The first-order chi connectivity index (χ1) is 9.76. The van der Waals surface area contributed by atoms with Gasteiger partial charge in [-0.2, -0.15) is 0 Å². The molecule has 0 spiro atoms. The molecule has 0 aromatic rings. The number of hydrogen-bond donors (Lipinski definition) is 3. The van der Waals surface area contributed by atoms with Crippen LogP contribution < -0.4 is 16.0 Å². The second-order valence-corrected chi connectivity index (χ2v) is 5.90. The third-order valence-corrected chi connectivity index (χ3v) is 3.13. The van der Waals surface area contributed by atoms with Crippen LogP contribution in [-0.2, 0) is 14.4 Å². The summed E-state index contributed by atoms with van der Waals surface area (Å²) in [4.78, 5) is 34.5. The van der Waals surface area contributed by atoms with Crippen molar-refractivity contribution in [1.82, 2.24) is 16.0 Å². The number of Topliss-reactive ketones (excluding diaryl/α,β-unsaturated/α-hetero) is 1. The van der Waals surface area contributed by atoms with Crippen LogP contribution in [-0.4, -0.2) is 43.3 Å². The summed E-state index contributed by atoms with van der Waals surface area (Å²) in [5.41, 5.74) is 0. The van der Waals surface area contributed by atoms with E-state index in [0.717, 1.165) is 6.42 Å². The molecule has 0 bridgehead atoms. The Morgan fingerprint density at radius 1 is 1.10 bits per heavy atom. The number of likely N-dealkylation sites (N-methyl/N-ethyl adjacent to an activating group) is 1. The highest BCUT2D eigenvalue weighted by atomic mass is 16.2. The van der Waals surface area contributed by atoms with E-state index in [-0.39, 0.29) is 36.2 Å². The van der Waals surface area contributed by atoms with Crippen molar-refractivity contribution >= 4 is 17.6 Å². The standard InChI is InChI=1S/C15H29N3O3/c1-10(2)8-13(16-5)15(21)17-9-14(20)18-11(3)6-7-12(4)19/h10-11,13,16H,6-9H2,1-5H3,(H,17,21)(H,18,20). The van der Waals surface area contributed by atoms with E-state index in [0.29, 0.717) is 18.8 Å². The molecule has 2 atom stereocenters. The number of ketones is 1. The predicted molar refractivity (Wildman–Crippen MR) is 82.8 cm³/mol. The minimum atomic E-state index is -0.284. The van der Waals surface area contributed by atoms with Gasteiger partial charge in [0.25, 0.3) is 0 Å². The lowest BCUT2D eigenvalue weighted by Crippen LogP contribution is -2.47. The number of hydrogen-bond acceptors (Lipinski definition) is 4. The summed E-state index contributed by atoms with van der Waals surface area (Å²) < 4.78 is 0. The molecule has 6 nitrogen and oxygen atoms in total. The first kappa shape index (κ1) is 19.6. The van der Waals surface area contributed by atoms with Crippen LogP contribution in [0, 0.1) is 5.92 Å². The number of carbonyl (C=O) groups excluding carboxylic acids is 3. The van der Waals surface area contributed by atoms with Crippen molar-refractivity contribution in [3.05, 3.63) is 0 Å². The van der Waals surface area contributed by atoms with Gasteiger partial charge in [0, 0.05) is 12.5 Å². The van der Waals surface area contributed by atoms with Gasteiger partial charge in [-0.05, 0) is 39.7 Å². The second-order valence-electron chi connectivity index (χ2n) is 5.90. The Hall–Kier alpha value is -1.43. The summed E-state index contributed by atoms with van der Waals surface area (Å²) in [6, 6.07) is -0.359. The van der Waals surface area contributed by atoms with Gasteiger partial charge in [0.15, 0.2) is 0 Å². The van der Waals surface area contributed by atoms with E-state index in [1.54, 1.807) is 7.05 Å². The molecular weight excluding hydrogens is 270 g/mol. The van der Waals surface area contributed by atoms with E-state index >= 15 is 0 Å². The Balaban J connectivity index is 4.05. The fraction of sp³-hybridized carbons (Fsp3) is 0.800. The number of nitrogens with one attached hydrogen (secondary N) is 3. The van der Waals surface area contributed by atoms with Crippen LogP contribution in [0.4, 0.5) is 0 Å². The lowest BCUT2D eigenvalue weighted by atomic mass is 10.0. The first-order valence-corrected chi connectivity index (χ1v) is 7.50. The van der Waals surface area contributed by atoms with Gasteiger partial charge in [-0.15, -0.1) is 0 Å². The molecule has 0 aromatic heterocycles. The van der Waals surface area contributed by atoms with Crippen molar-refractivity contribution in [2.45, 2.75) is 59.0 Å². The van der Waals surface area contributed by atoms with E-state index in [9.17, 15) is 14.4 Å². The summed E-state index contributed by atoms with van der Waals surface area (Å²) in [5.74, 6) is 0.0973. The van der Waals surface area contributed by atoms with Crippen molar-refractivity contribution in [1.29, 1.82) is 0 Å². The van der Waals surface area contributed by atoms with Gasteiger partial charge in [-0.1, -0.05) is 13.8 Å². The van der Waals surface area contributed by atoms with E-state index in [4.69, 9.17) is 0 Å². The largest absolute Gasteiger partial charge is 0.352 e. The van der Waals surface area contributed by atoms with E-state index in [2.05, 4.69) is 16.0 Å². The fourth-order valence-corrected chi connectivity index (χ4v) is 1.94. The maximum Gasteiger partial charge on any atom is 0.239 e. The van der Waals surface area contributed by atoms with Gasteiger partial charge >= 0.3 is 0 Å². The van der Waals surface area contributed by atoms with Gasteiger partial charge < -0.3 is 20.7 Å². The average molecular weight is 299 g/mol. The molecule has 0 aliphatic carbocycles. The Morgan fingerprint density at radius 3 is 2.19 bits per heavy atom. The summed E-state index contributed by atoms with van der Waals surface area (Å²) in [5, 5.41) is 8.34. The van der Waals surface area contributed by atoms with Crippen molar-refractivity contribution in [2.24, 2.45) is 5.92 Å². The highest BCUT2D eigenvalue weighted by Gasteiger charge is 2.18. The lowest BCUT2D eigenvalue weighted by Gasteiger charge is -2.18. The van der Waals surface area contributed by atoms with Crippen molar-refractivity contribution in [3.63, 3.8) is 0 Å². The second kappa shape index (κ2) is 10.3. The fourth-order valence-electron chi connectivity index (χ4n) is 1.94. The normalized spacial score (nSPS) is 13.6. The summed E-state index contributed by atoms with van der Waals surface area (Å²) in [7, 11) is 1.73. The molecule has 0 aliphatic heterocycles. The molecule has 0 saturated carbocycles. The third kappa shape index (κ3) is 10.0. The van der Waals surface area contributed by atoms with Crippen LogP contribution >= 0.6 is 0 Å². The molecule has 21 heavy (non-hydrogen) atoms. The monoisotopic (exact) mass is 299 g/mol. The van der Waals surface area contributed by atoms with E-state index in [1.807, 2.05) is 20.8 Å². The van der Waals surface area contributed by atoms with Crippen molar-refractivity contribution in [3.8, 4) is 0 Å². The summed E-state index contributed by atoms with van der Waals surface area (Å²) in [6.07, 6.45) is 1.78. The molecular formula is C15H29N3O3. The molecule has 6 heteroatoms. The SMILES string of the molecule is CNC(CC(C)C)C(=O)NCC(=O)NC(C)CCC(C)=O. The smallest absolute Gasteiger partial charge is 0.239 e. The van der Waals surface area contributed by atoms with Crippen LogP contribution in [0.1, 0.15) is 47.0 Å². The minimum Gasteiger partial charge on any atom is -0.352 e. The highest BCUT2D eigenvalue weighted by Crippen LogP contribution is 2.04. The van der Waals surface area contributed by atoms with Crippen LogP contribution in [0.3, 0.4) is 0 Å². The molecule has 2 unspecified atom stereocenters. The zero-order valence-corrected chi connectivity index (χ0v) is 13.8. The van der Waals surface area contributed by atoms with E-state index < -0.39 is 0 Å². The Bertz CT molecular complexity index is 356. The first-order valence-electron chi connectivity index (χ1n) is 7.50. The summed E-state index contributed by atoms with van der Waals surface area (Å²) >= 11 is 0. The molecule has 0 radical (unpaired) electrons. The minimum absolute atomic E-state index is 0.0421. The molecule has 0 heterocycles. The molecule has 0 fully saturated rings. The van der Waals surface area contributed by atoms with Gasteiger partial charge in [0.1, 0.15) is 5.78 Å². The van der Waals surface area contributed by atoms with Gasteiger partial charge in [0.05, 0.1) is 12.6 Å². The predicted octanol–water partition coefficient (Wildman–Crippen LogP) is 0.611. The van der Waals surface area contributed by atoms with Crippen LogP contribution in [0.15, 0.2) is 0 Å². The van der Waals surface area contributed by atoms with Crippen LogP contribution in [0.5, 0.6) is 0 Å². The molecule has 122 valence electrons. The Labute approximate surface area is 127 Å². The number of rotatable bonds is 10. The maximum atomic E-state index is 11.9.